The van der Waals surface area contributed by atoms with E-state index in [1.807, 2.05) is 0 Å². The lowest BCUT2D eigenvalue weighted by Crippen LogP contribution is -2.55. The third kappa shape index (κ3) is 3.10. The van der Waals surface area contributed by atoms with Crippen LogP contribution in [0, 0.1) is 34.5 Å². The predicted octanol–water partition coefficient (Wildman–Crippen LogP) is 6.10. The van der Waals surface area contributed by atoms with Gasteiger partial charge in [0.15, 0.2) is 0 Å². The summed E-state index contributed by atoms with van der Waals surface area (Å²) in [5.41, 5.74) is 1.66. The van der Waals surface area contributed by atoms with Gasteiger partial charge in [-0.3, -0.25) is 0 Å². The van der Waals surface area contributed by atoms with Gasteiger partial charge in [0.1, 0.15) is 13.5 Å². The van der Waals surface area contributed by atoms with Crippen LogP contribution in [0.5, 0.6) is 0 Å². The molecular formula is C26H43NO2Si. The van der Waals surface area contributed by atoms with E-state index in [4.69, 9.17) is 4.52 Å². The van der Waals surface area contributed by atoms with Crippen molar-refractivity contribution in [2.24, 2.45) is 34.5 Å². The summed E-state index contributed by atoms with van der Waals surface area (Å²) >= 11 is 0. The van der Waals surface area contributed by atoms with E-state index in [1.165, 1.54) is 56.0 Å². The monoisotopic (exact) mass is 429 g/mol. The summed E-state index contributed by atoms with van der Waals surface area (Å²) in [6.45, 7) is 14.3. The van der Waals surface area contributed by atoms with Gasteiger partial charge in [-0.25, -0.2) is 0 Å². The average Bonchev–Trinajstić information content (AvgIpc) is 3.26. The Kier molecular flexibility index (Phi) is 4.74. The van der Waals surface area contributed by atoms with Gasteiger partial charge >= 0.3 is 0 Å². The summed E-state index contributed by atoms with van der Waals surface area (Å²) in [6.07, 6.45) is 11.3. The summed E-state index contributed by atoms with van der Waals surface area (Å²) < 4.78 is 5.87. The van der Waals surface area contributed by atoms with E-state index in [2.05, 4.69) is 51.6 Å². The van der Waals surface area contributed by atoms with Gasteiger partial charge in [-0.05, 0) is 105 Å². The summed E-state index contributed by atoms with van der Waals surface area (Å²) in [6, 6.07) is 2.33. The molecule has 0 spiro atoms. The zero-order chi connectivity index (χ0) is 21.5. The molecule has 0 aliphatic heterocycles. The van der Waals surface area contributed by atoms with Crippen LogP contribution in [0.3, 0.4) is 0 Å². The van der Waals surface area contributed by atoms with E-state index in [0.717, 1.165) is 36.5 Å². The van der Waals surface area contributed by atoms with E-state index in [-0.39, 0.29) is 0 Å². The largest absolute Gasteiger partial charge is 0.390 e. The van der Waals surface area contributed by atoms with Crippen LogP contribution in [0.15, 0.2) is 10.6 Å². The maximum atomic E-state index is 10.7. The second-order valence-electron chi connectivity index (χ2n) is 13.4. The Morgan fingerprint density at radius 2 is 1.67 bits per heavy atom. The number of rotatable bonds is 2. The lowest BCUT2D eigenvalue weighted by atomic mass is 9.44. The minimum Gasteiger partial charge on any atom is -0.390 e. The molecule has 0 bridgehead atoms. The standard InChI is InChI=1S/C26H43NO2Si/c1-24(28)13-14-25(2)17(16-24)7-8-18-19-9-10-21(26(19,3)12-11-20(18)25)22-15-23(29-27-22)30(4,5)6/h15,17-21,28H,7-14,16H2,1-6H3/t17-,18?,19?,20?,21+,24+,25-,26-/m0/s1. The molecule has 1 aromatic rings. The first-order chi connectivity index (χ1) is 13.9. The van der Waals surface area contributed by atoms with Crippen LogP contribution >= 0.6 is 0 Å². The maximum Gasteiger partial charge on any atom is 0.127 e. The van der Waals surface area contributed by atoms with E-state index >= 15 is 0 Å². The molecule has 0 radical (unpaired) electrons. The average molecular weight is 430 g/mol. The fourth-order valence-corrected chi connectivity index (χ4v) is 9.62. The van der Waals surface area contributed by atoms with Gasteiger partial charge in [-0.15, -0.1) is 0 Å². The van der Waals surface area contributed by atoms with Crippen molar-refractivity contribution >= 4 is 13.5 Å². The Morgan fingerprint density at radius 3 is 2.37 bits per heavy atom. The maximum absolute atomic E-state index is 10.7. The molecule has 30 heavy (non-hydrogen) atoms. The first-order valence-corrected chi connectivity index (χ1v) is 16.1. The molecule has 0 amide bonds. The quantitative estimate of drug-likeness (QED) is 0.578. The Bertz CT molecular complexity index is 810. The Labute approximate surface area is 184 Å². The van der Waals surface area contributed by atoms with Crippen LogP contribution in [-0.4, -0.2) is 23.9 Å². The SMILES string of the molecule is C[C@@]1(O)CC[C@]2(C)C3CC[C@@]4(C)C(CC[C@@H]4c4cc([Si](C)(C)C)on4)C3CC[C@H]2C1. The highest BCUT2D eigenvalue weighted by molar-refractivity contribution is 6.87. The molecule has 1 heterocycles. The molecule has 3 nitrogen and oxygen atoms in total. The Morgan fingerprint density at radius 1 is 0.933 bits per heavy atom. The van der Waals surface area contributed by atoms with Gasteiger partial charge < -0.3 is 9.63 Å². The summed E-state index contributed by atoms with van der Waals surface area (Å²) in [5.74, 6) is 3.88. The number of fused-ring (bicyclic) bond motifs is 5. The van der Waals surface area contributed by atoms with Gasteiger partial charge in [-0.1, -0.05) is 38.6 Å². The molecule has 1 aromatic heterocycles. The van der Waals surface area contributed by atoms with E-state index in [1.54, 1.807) is 0 Å². The summed E-state index contributed by atoms with van der Waals surface area (Å²) in [7, 11) is -1.45. The molecule has 4 fully saturated rings. The predicted molar refractivity (Wildman–Crippen MR) is 125 cm³/mol. The first-order valence-electron chi connectivity index (χ1n) is 12.6. The van der Waals surface area contributed by atoms with Gasteiger partial charge in [0, 0.05) is 5.92 Å². The van der Waals surface area contributed by atoms with E-state index < -0.39 is 13.7 Å². The van der Waals surface area contributed by atoms with Gasteiger partial charge in [0.05, 0.1) is 11.3 Å². The van der Waals surface area contributed by atoms with Crippen molar-refractivity contribution in [3.05, 3.63) is 11.8 Å². The van der Waals surface area contributed by atoms with Crippen molar-refractivity contribution in [1.82, 2.24) is 5.16 Å². The molecular weight excluding hydrogens is 386 g/mol. The molecule has 4 aliphatic rings. The highest BCUT2D eigenvalue weighted by Gasteiger charge is 2.61. The fraction of sp³-hybridized carbons (Fsp3) is 0.885. The van der Waals surface area contributed by atoms with Crippen molar-refractivity contribution in [3.8, 4) is 0 Å². The molecule has 4 heteroatoms. The molecule has 3 unspecified atom stereocenters. The third-order valence-corrected chi connectivity index (χ3v) is 12.3. The molecule has 5 rings (SSSR count). The van der Waals surface area contributed by atoms with Crippen molar-refractivity contribution in [2.75, 3.05) is 0 Å². The number of hydrogen-bond acceptors (Lipinski definition) is 3. The second-order valence-corrected chi connectivity index (χ2v) is 18.4. The molecule has 168 valence electrons. The highest BCUT2D eigenvalue weighted by Crippen LogP contribution is 2.69. The minimum absolute atomic E-state index is 0.387. The number of aliphatic hydroxyl groups is 1. The van der Waals surface area contributed by atoms with Crippen molar-refractivity contribution in [2.45, 2.75) is 110 Å². The normalized spacial score (nSPS) is 48.7. The Hall–Kier alpha value is -0.613. The smallest absolute Gasteiger partial charge is 0.127 e. The van der Waals surface area contributed by atoms with Crippen LogP contribution in [0.2, 0.25) is 19.6 Å². The summed E-state index contributed by atoms with van der Waals surface area (Å²) in [4.78, 5) is 0. The summed E-state index contributed by atoms with van der Waals surface area (Å²) in [5, 5.41) is 16.5. The van der Waals surface area contributed by atoms with Gasteiger partial charge in [0.25, 0.3) is 0 Å². The van der Waals surface area contributed by atoms with Crippen molar-refractivity contribution in [1.29, 1.82) is 0 Å². The van der Waals surface area contributed by atoms with Crippen molar-refractivity contribution in [3.63, 3.8) is 0 Å². The third-order valence-electron chi connectivity index (χ3n) is 10.6. The zero-order valence-electron chi connectivity index (χ0n) is 20.1. The first kappa shape index (κ1) is 21.2. The fourth-order valence-electron chi connectivity index (χ4n) is 8.72. The highest BCUT2D eigenvalue weighted by atomic mass is 28.3. The van der Waals surface area contributed by atoms with E-state index in [0.29, 0.717) is 16.7 Å². The molecule has 1 N–H and O–H groups in total. The molecule has 4 aliphatic carbocycles. The van der Waals surface area contributed by atoms with Gasteiger partial charge in [-0.2, -0.15) is 0 Å². The molecule has 8 atom stereocenters. The van der Waals surface area contributed by atoms with Crippen LogP contribution in [0.4, 0.5) is 0 Å². The zero-order valence-corrected chi connectivity index (χ0v) is 21.1. The molecule has 4 saturated carbocycles. The van der Waals surface area contributed by atoms with Crippen LogP contribution in [0.1, 0.15) is 90.2 Å². The lowest BCUT2D eigenvalue weighted by molar-refractivity contribution is -0.143. The molecule has 0 saturated heterocycles. The van der Waals surface area contributed by atoms with Crippen LogP contribution < -0.4 is 5.38 Å². The number of hydrogen-bond donors (Lipinski definition) is 1. The second kappa shape index (κ2) is 6.70. The number of nitrogens with zero attached hydrogens (tertiary/aromatic N) is 1. The topological polar surface area (TPSA) is 46.3 Å². The number of aromatic nitrogens is 1. The van der Waals surface area contributed by atoms with Gasteiger partial charge in [0.2, 0.25) is 0 Å². The Balaban J connectivity index is 1.40. The lowest BCUT2D eigenvalue weighted by Gasteiger charge is -2.61. The van der Waals surface area contributed by atoms with Crippen LogP contribution in [-0.2, 0) is 0 Å². The van der Waals surface area contributed by atoms with Crippen molar-refractivity contribution < 1.29 is 9.63 Å². The van der Waals surface area contributed by atoms with Crippen LogP contribution in [0.25, 0.3) is 0 Å². The van der Waals surface area contributed by atoms with E-state index in [9.17, 15) is 5.11 Å². The molecule has 0 aromatic carbocycles. The minimum atomic E-state index is -1.45.